The van der Waals surface area contributed by atoms with Gasteiger partial charge in [0.05, 0.1) is 6.61 Å². The fourth-order valence-electron chi connectivity index (χ4n) is 2.42. The molecular weight excluding hydrogens is 266 g/mol. The van der Waals surface area contributed by atoms with Gasteiger partial charge in [0.2, 0.25) is 0 Å². The van der Waals surface area contributed by atoms with E-state index in [1.54, 1.807) is 12.1 Å². The Morgan fingerprint density at radius 1 is 1.58 bits per heavy atom. The number of aliphatic hydroxyl groups is 1. The molecule has 2 heterocycles. The van der Waals surface area contributed by atoms with Crippen molar-refractivity contribution in [1.29, 1.82) is 0 Å². The number of nitrogens with zero attached hydrogens (tertiary/aromatic N) is 2. The molecule has 0 unspecified atom stereocenters. The molecule has 2 N–H and O–H groups in total. The summed E-state index contributed by atoms with van der Waals surface area (Å²) in [5.74, 6) is 0. The van der Waals surface area contributed by atoms with Crippen LogP contribution in [0.5, 0.6) is 0 Å². The van der Waals surface area contributed by atoms with Crippen LogP contribution in [-0.4, -0.2) is 35.8 Å². The van der Waals surface area contributed by atoms with Gasteiger partial charge in [-0.3, -0.25) is 0 Å². The number of aromatic nitrogens is 1. The Bertz CT molecular complexity index is 599. The predicted octanol–water partition coefficient (Wildman–Crippen LogP) is 1.77. The van der Waals surface area contributed by atoms with Crippen LogP contribution in [0.4, 0.5) is 6.01 Å². The molecule has 0 saturated carbocycles. The van der Waals surface area contributed by atoms with Crippen LogP contribution in [-0.2, 0) is 6.61 Å². The first kappa shape index (κ1) is 12.7. The second-order valence-electron chi connectivity index (χ2n) is 4.81. The average Bonchev–Trinajstić information content (AvgIpc) is 2.81. The molecule has 102 valence electrons. The molecule has 1 aromatic carbocycles. The highest BCUT2D eigenvalue weighted by Gasteiger charge is 2.23. The lowest BCUT2D eigenvalue weighted by Crippen LogP contribution is -2.50. The topological polar surface area (TPSA) is 61.5 Å². The van der Waals surface area contributed by atoms with E-state index >= 15 is 0 Å². The number of halogens is 1. The van der Waals surface area contributed by atoms with Gasteiger partial charge in [0.25, 0.3) is 6.01 Å². The number of anilines is 1. The van der Waals surface area contributed by atoms with Gasteiger partial charge in [-0.2, -0.15) is 4.98 Å². The normalized spacial score (nSPS) is 20.2. The Morgan fingerprint density at radius 2 is 2.42 bits per heavy atom. The minimum Gasteiger partial charge on any atom is -0.423 e. The summed E-state index contributed by atoms with van der Waals surface area (Å²) in [6, 6.07) is 4.39. The van der Waals surface area contributed by atoms with E-state index in [0.717, 1.165) is 19.6 Å². The summed E-state index contributed by atoms with van der Waals surface area (Å²) in [6.45, 7) is 4.70. The van der Waals surface area contributed by atoms with Crippen LogP contribution >= 0.6 is 11.6 Å². The lowest BCUT2D eigenvalue weighted by Gasteiger charge is -2.32. The van der Waals surface area contributed by atoms with Crippen molar-refractivity contribution < 1.29 is 9.52 Å². The van der Waals surface area contributed by atoms with E-state index < -0.39 is 0 Å². The maximum Gasteiger partial charge on any atom is 0.298 e. The summed E-state index contributed by atoms with van der Waals surface area (Å²) in [5.41, 5.74) is 1.98. The smallest absolute Gasteiger partial charge is 0.298 e. The third-order valence-corrected chi connectivity index (χ3v) is 3.66. The molecule has 3 rings (SSSR count). The largest absolute Gasteiger partial charge is 0.423 e. The van der Waals surface area contributed by atoms with Crippen LogP contribution in [0.25, 0.3) is 11.1 Å². The van der Waals surface area contributed by atoms with E-state index in [1.807, 2.05) is 0 Å². The van der Waals surface area contributed by atoms with Gasteiger partial charge in [-0.25, -0.2) is 0 Å². The molecule has 1 fully saturated rings. The lowest BCUT2D eigenvalue weighted by atomic mass is 10.2. The van der Waals surface area contributed by atoms with Gasteiger partial charge < -0.3 is 19.7 Å². The standard InChI is InChI=1S/C13H16ClN3O2/c1-8-6-15-2-3-17(8)13-16-11-5-10(14)4-9(7-18)12(11)19-13/h4-5,8,15,18H,2-3,6-7H2,1H3/t8-/m0/s1. The molecule has 1 aromatic heterocycles. The SMILES string of the molecule is C[C@H]1CNCCN1c1nc2cc(Cl)cc(CO)c2o1. The Labute approximate surface area is 116 Å². The molecule has 1 saturated heterocycles. The van der Waals surface area contributed by atoms with Gasteiger partial charge in [-0.15, -0.1) is 0 Å². The van der Waals surface area contributed by atoms with Gasteiger partial charge in [-0.05, 0) is 19.1 Å². The zero-order chi connectivity index (χ0) is 13.4. The number of fused-ring (bicyclic) bond motifs is 1. The maximum atomic E-state index is 9.36. The molecule has 6 heteroatoms. The first-order valence-corrected chi connectivity index (χ1v) is 6.74. The predicted molar refractivity (Wildman–Crippen MR) is 74.6 cm³/mol. The van der Waals surface area contributed by atoms with Gasteiger partial charge >= 0.3 is 0 Å². The number of oxazole rings is 1. The zero-order valence-electron chi connectivity index (χ0n) is 10.7. The summed E-state index contributed by atoms with van der Waals surface area (Å²) in [5, 5.41) is 13.2. The molecule has 0 amide bonds. The first-order valence-electron chi connectivity index (χ1n) is 6.36. The van der Waals surface area contributed by atoms with Crippen LogP contribution in [0.15, 0.2) is 16.5 Å². The van der Waals surface area contributed by atoms with E-state index in [1.165, 1.54) is 0 Å². The summed E-state index contributed by atoms with van der Waals surface area (Å²) in [7, 11) is 0. The molecule has 0 aliphatic carbocycles. The molecule has 1 aliphatic heterocycles. The van der Waals surface area contributed by atoms with E-state index in [0.29, 0.717) is 33.7 Å². The highest BCUT2D eigenvalue weighted by atomic mass is 35.5. The van der Waals surface area contributed by atoms with Crippen LogP contribution < -0.4 is 10.2 Å². The Hall–Kier alpha value is -1.30. The Kier molecular flexibility index (Phi) is 3.35. The minimum atomic E-state index is -0.108. The van der Waals surface area contributed by atoms with Crippen LogP contribution in [0.3, 0.4) is 0 Å². The van der Waals surface area contributed by atoms with Crippen molar-refractivity contribution in [3.63, 3.8) is 0 Å². The van der Waals surface area contributed by atoms with Crippen molar-refractivity contribution >= 4 is 28.7 Å². The van der Waals surface area contributed by atoms with Gasteiger partial charge in [0, 0.05) is 36.3 Å². The molecule has 1 atom stereocenters. The Morgan fingerprint density at radius 3 is 3.16 bits per heavy atom. The lowest BCUT2D eigenvalue weighted by molar-refractivity contribution is 0.281. The molecule has 0 radical (unpaired) electrons. The molecule has 2 aromatic rings. The highest BCUT2D eigenvalue weighted by Crippen LogP contribution is 2.29. The number of hydrogen-bond acceptors (Lipinski definition) is 5. The monoisotopic (exact) mass is 281 g/mol. The number of aliphatic hydroxyl groups excluding tert-OH is 1. The Balaban J connectivity index is 2.05. The first-order chi connectivity index (χ1) is 9.19. The fourth-order valence-corrected chi connectivity index (χ4v) is 2.65. The maximum absolute atomic E-state index is 9.36. The minimum absolute atomic E-state index is 0.108. The third-order valence-electron chi connectivity index (χ3n) is 3.44. The van der Waals surface area contributed by atoms with E-state index in [4.69, 9.17) is 16.0 Å². The van der Waals surface area contributed by atoms with Crippen molar-refractivity contribution in [3.05, 3.63) is 22.7 Å². The highest BCUT2D eigenvalue weighted by molar-refractivity contribution is 6.31. The van der Waals surface area contributed by atoms with Crippen LogP contribution in [0, 0.1) is 0 Å². The van der Waals surface area contributed by atoms with E-state index in [-0.39, 0.29) is 6.61 Å². The summed E-state index contributed by atoms with van der Waals surface area (Å²) < 4.78 is 5.82. The van der Waals surface area contributed by atoms with Crippen molar-refractivity contribution in [3.8, 4) is 0 Å². The number of rotatable bonds is 2. The second-order valence-corrected chi connectivity index (χ2v) is 5.25. The van der Waals surface area contributed by atoms with Crippen molar-refractivity contribution in [1.82, 2.24) is 10.3 Å². The van der Waals surface area contributed by atoms with Gasteiger partial charge in [0.1, 0.15) is 5.52 Å². The van der Waals surface area contributed by atoms with Crippen molar-refractivity contribution in [2.45, 2.75) is 19.6 Å². The fraction of sp³-hybridized carbons (Fsp3) is 0.462. The number of hydrogen-bond donors (Lipinski definition) is 2. The molecule has 0 bridgehead atoms. The molecule has 5 nitrogen and oxygen atoms in total. The van der Waals surface area contributed by atoms with Gasteiger partial charge in [0.15, 0.2) is 5.58 Å². The summed E-state index contributed by atoms with van der Waals surface area (Å²) in [4.78, 5) is 6.62. The van der Waals surface area contributed by atoms with E-state index in [2.05, 4.69) is 22.1 Å². The van der Waals surface area contributed by atoms with E-state index in [9.17, 15) is 5.11 Å². The van der Waals surface area contributed by atoms with Crippen molar-refractivity contribution in [2.75, 3.05) is 24.5 Å². The number of piperazine rings is 1. The average molecular weight is 282 g/mol. The second kappa shape index (κ2) is 5.00. The third kappa shape index (κ3) is 2.29. The molecule has 1 aliphatic rings. The van der Waals surface area contributed by atoms with Crippen LogP contribution in [0.1, 0.15) is 12.5 Å². The summed E-state index contributed by atoms with van der Waals surface area (Å²) >= 11 is 6.01. The summed E-state index contributed by atoms with van der Waals surface area (Å²) in [6.07, 6.45) is 0. The zero-order valence-corrected chi connectivity index (χ0v) is 11.4. The van der Waals surface area contributed by atoms with Crippen molar-refractivity contribution in [2.24, 2.45) is 0 Å². The molecule has 0 spiro atoms. The number of benzene rings is 1. The van der Waals surface area contributed by atoms with Gasteiger partial charge in [-0.1, -0.05) is 11.6 Å². The molecule has 19 heavy (non-hydrogen) atoms. The van der Waals surface area contributed by atoms with Crippen LogP contribution in [0.2, 0.25) is 5.02 Å². The quantitative estimate of drug-likeness (QED) is 0.878. The molecular formula is C13H16ClN3O2. The number of nitrogens with one attached hydrogen (secondary N) is 1.